The minimum atomic E-state index is -0.669. The van der Waals surface area contributed by atoms with Gasteiger partial charge in [0.1, 0.15) is 5.75 Å². The third kappa shape index (κ3) is 8.19. The number of methoxy groups -OCH3 is 1. The van der Waals surface area contributed by atoms with Crippen molar-refractivity contribution in [3.8, 4) is 23.0 Å². The number of benzene rings is 2. The van der Waals surface area contributed by atoms with Crippen LogP contribution in [0, 0.1) is 23.7 Å². The predicted octanol–water partition coefficient (Wildman–Crippen LogP) is 8.13. The van der Waals surface area contributed by atoms with Crippen molar-refractivity contribution in [2.75, 3.05) is 7.11 Å². The van der Waals surface area contributed by atoms with Gasteiger partial charge in [0.25, 0.3) is 0 Å². The zero-order valence-corrected chi connectivity index (χ0v) is 33.6. The first-order valence-electron chi connectivity index (χ1n) is 22.0. The second kappa shape index (κ2) is 17.1. The zero-order chi connectivity index (χ0) is 39.8. The number of aromatic hydroxyl groups is 3. The van der Waals surface area contributed by atoms with E-state index in [4.69, 9.17) is 9.47 Å². The van der Waals surface area contributed by atoms with E-state index in [1.807, 2.05) is 30.6 Å². The van der Waals surface area contributed by atoms with Crippen molar-refractivity contribution in [1.82, 2.24) is 4.98 Å². The number of rotatable bonds is 12. The summed E-state index contributed by atoms with van der Waals surface area (Å²) in [6.45, 7) is -0.527. The van der Waals surface area contributed by atoms with Gasteiger partial charge in [0.05, 0.1) is 43.7 Å². The Balaban J connectivity index is 1.06. The zero-order valence-electron chi connectivity index (χ0n) is 33.6. The third-order valence-corrected chi connectivity index (χ3v) is 15.4. The normalized spacial score (nSPS) is 31.0. The molecule has 0 amide bonds. The lowest BCUT2D eigenvalue weighted by atomic mass is 9.64. The molecule has 57 heavy (non-hydrogen) atoms. The van der Waals surface area contributed by atoms with Crippen molar-refractivity contribution in [3.63, 3.8) is 0 Å². The Morgan fingerprint density at radius 1 is 0.895 bits per heavy atom. The lowest BCUT2D eigenvalue weighted by Crippen LogP contribution is -2.44. The predicted molar refractivity (Wildman–Crippen MR) is 216 cm³/mol. The van der Waals surface area contributed by atoms with Crippen molar-refractivity contribution in [3.05, 3.63) is 70.0 Å². The Hall–Kier alpha value is -3.28. The lowest BCUT2D eigenvalue weighted by Gasteiger charge is -2.46. The van der Waals surface area contributed by atoms with Crippen LogP contribution in [0.4, 0.5) is 0 Å². The minimum Gasteiger partial charge on any atom is -0.508 e. The number of nitrogens with one attached hydrogen (secondary N) is 1. The van der Waals surface area contributed by atoms with Gasteiger partial charge in [-0.3, -0.25) is 0 Å². The Morgan fingerprint density at radius 2 is 1.68 bits per heavy atom. The highest BCUT2D eigenvalue weighted by molar-refractivity contribution is 5.64. The van der Waals surface area contributed by atoms with Gasteiger partial charge in [-0.05, 0) is 128 Å². The standard InChI is InChI=1S/C47H65NO9/c1-56-46-36(20-27-15-19-48-25-27)43(37(26-49)44(53)45(46)54)42-24-40(52)33-12-9-31(23-41(33)57-42)30-10-13-38(50)35(22-30)34-21-29(28-6-2-3-7-28)8-11-32(34)39(51)14-18-47(55)16-4-5-17-47/h10,13,15,19,22,25,28-29,31-34,39-42,48-55H,2-9,11-12,14,16-18,20-21,23-24,26H2,1H3/t29-,31+,32-,33-,34+,39-,40+,41+,42+/m1/s1. The summed E-state index contributed by atoms with van der Waals surface area (Å²) < 4.78 is 12.6. The fourth-order valence-electron chi connectivity index (χ4n) is 12.3. The fourth-order valence-corrected chi connectivity index (χ4v) is 12.3. The van der Waals surface area contributed by atoms with Gasteiger partial charge in [0.2, 0.25) is 5.75 Å². The largest absolute Gasteiger partial charge is 0.508 e. The average Bonchev–Trinajstić information content (AvgIpc) is 4.03. The summed E-state index contributed by atoms with van der Waals surface area (Å²) in [6, 6.07) is 7.99. The number of aliphatic hydroxyl groups excluding tert-OH is 3. The van der Waals surface area contributed by atoms with Gasteiger partial charge in [-0.1, -0.05) is 50.7 Å². The second-order valence-electron chi connectivity index (χ2n) is 18.5. The van der Waals surface area contributed by atoms with Crippen LogP contribution in [0.2, 0.25) is 0 Å². The summed E-state index contributed by atoms with van der Waals surface area (Å²) in [7, 11) is 1.44. The fraction of sp³-hybridized carbons (Fsp3) is 0.660. The Bertz CT molecular complexity index is 1820. The maximum absolute atomic E-state index is 11.8. The molecule has 0 spiro atoms. The molecule has 10 nitrogen and oxygen atoms in total. The molecule has 10 heteroatoms. The van der Waals surface area contributed by atoms with E-state index in [0.717, 1.165) is 74.5 Å². The molecule has 1 saturated heterocycles. The summed E-state index contributed by atoms with van der Waals surface area (Å²) in [5, 5.41) is 78.8. The van der Waals surface area contributed by atoms with Crippen molar-refractivity contribution < 1.29 is 45.2 Å². The number of fused-ring (bicyclic) bond motifs is 1. The average molecular weight is 788 g/mol. The third-order valence-electron chi connectivity index (χ3n) is 15.4. The molecule has 8 N–H and O–H groups in total. The van der Waals surface area contributed by atoms with Gasteiger partial charge >= 0.3 is 0 Å². The molecule has 3 aromatic rings. The Labute approximate surface area is 337 Å². The van der Waals surface area contributed by atoms with Crippen LogP contribution in [0.15, 0.2) is 36.7 Å². The molecule has 5 aliphatic rings. The van der Waals surface area contributed by atoms with Gasteiger partial charge in [0.15, 0.2) is 11.5 Å². The number of hydrogen-bond donors (Lipinski definition) is 8. The molecule has 9 atom stereocenters. The molecular weight excluding hydrogens is 723 g/mol. The smallest absolute Gasteiger partial charge is 0.201 e. The van der Waals surface area contributed by atoms with Gasteiger partial charge in [0, 0.05) is 42.3 Å². The number of H-pyrrole nitrogens is 1. The van der Waals surface area contributed by atoms with Crippen LogP contribution in [-0.4, -0.2) is 71.8 Å². The molecule has 8 rings (SSSR count). The van der Waals surface area contributed by atoms with E-state index >= 15 is 0 Å². The van der Waals surface area contributed by atoms with Crippen molar-refractivity contribution in [2.24, 2.45) is 23.7 Å². The second-order valence-corrected chi connectivity index (χ2v) is 18.5. The van der Waals surface area contributed by atoms with E-state index < -0.39 is 42.0 Å². The van der Waals surface area contributed by atoms with Crippen LogP contribution in [0.5, 0.6) is 23.0 Å². The summed E-state index contributed by atoms with van der Waals surface area (Å²) >= 11 is 0. The molecule has 1 aliphatic heterocycles. The van der Waals surface area contributed by atoms with E-state index in [1.54, 1.807) is 0 Å². The van der Waals surface area contributed by atoms with E-state index in [0.29, 0.717) is 48.6 Å². The van der Waals surface area contributed by atoms with Gasteiger partial charge < -0.3 is 50.2 Å². The highest BCUT2D eigenvalue weighted by Gasteiger charge is 2.45. The molecule has 2 heterocycles. The van der Waals surface area contributed by atoms with Crippen LogP contribution in [0.3, 0.4) is 0 Å². The quantitative estimate of drug-likeness (QED) is 0.0843. The number of aromatic nitrogens is 1. The molecular formula is C47H65NO9. The number of phenolic OH excluding ortho intramolecular Hbond substituents is 2. The van der Waals surface area contributed by atoms with Crippen molar-refractivity contribution in [1.29, 1.82) is 0 Å². The lowest BCUT2D eigenvalue weighted by molar-refractivity contribution is -0.154. The maximum Gasteiger partial charge on any atom is 0.201 e. The molecule has 4 saturated carbocycles. The summed E-state index contributed by atoms with van der Waals surface area (Å²) in [6.07, 6.45) is 17.4. The van der Waals surface area contributed by atoms with Crippen LogP contribution < -0.4 is 4.74 Å². The number of phenols is 3. The van der Waals surface area contributed by atoms with Gasteiger partial charge in [-0.15, -0.1) is 0 Å². The molecule has 4 aliphatic carbocycles. The highest BCUT2D eigenvalue weighted by Crippen LogP contribution is 2.54. The van der Waals surface area contributed by atoms with Crippen LogP contribution in [0.25, 0.3) is 0 Å². The van der Waals surface area contributed by atoms with E-state index in [2.05, 4.69) is 11.1 Å². The maximum atomic E-state index is 11.8. The monoisotopic (exact) mass is 787 g/mol. The van der Waals surface area contributed by atoms with Gasteiger partial charge in [-0.2, -0.15) is 0 Å². The van der Waals surface area contributed by atoms with Crippen molar-refractivity contribution >= 4 is 0 Å². The van der Waals surface area contributed by atoms with Crippen molar-refractivity contribution in [2.45, 2.75) is 164 Å². The number of hydrogen-bond acceptors (Lipinski definition) is 9. The molecule has 0 radical (unpaired) electrons. The Morgan fingerprint density at radius 3 is 2.40 bits per heavy atom. The molecule has 2 aromatic carbocycles. The molecule has 0 bridgehead atoms. The van der Waals surface area contributed by atoms with E-state index in [1.165, 1.54) is 32.8 Å². The summed E-state index contributed by atoms with van der Waals surface area (Å²) in [5.74, 6) is 0.895. The first-order valence-corrected chi connectivity index (χ1v) is 22.0. The topological polar surface area (TPSA) is 176 Å². The van der Waals surface area contributed by atoms with E-state index in [9.17, 15) is 35.7 Å². The molecule has 5 fully saturated rings. The van der Waals surface area contributed by atoms with Crippen LogP contribution in [-0.2, 0) is 17.8 Å². The highest BCUT2D eigenvalue weighted by atomic mass is 16.5. The van der Waals surface area contributed by atoms with Crippen LogP contribution in [0.1, 0.15) is 160 Å². The number of aliphatic hydroxyl groups is 4. The first-order chi connectivity index (χ1) is 27.6. The molecule has 1 aromatic heterocycles. The number of aromatic amines is 1. The Kier molecular flexibility index (Phi) is 12.2. The number of ether oxygens (including phenoxy) is 2. The first kappa shape index (κ1) is 40.5. The summed E-state index contributed by atoms with van der Waals surface area (Å²) in [4.78, 5) is 3.06. The SMILES string of the molecule is COc1c(O)c(O)c(CO)c([C@@H]2C[C@H](O)[C@H]3CC[C@H](c4ccc(O)c([C@H]5C[C@H](C6CCCC6)CC[C@H]5[C@H](O)CCC5(O)CCCC5)c4)C[C@@H]3O2)c1Cc1cc[nH]c1. The summed E-state index contributed by atoms with van der Waals surface area (Å²) in [5.41, 5.74) is 3.62. The van der Waals surface area contributed by atoms with Gasteiger partial charge in [-0.25, -0.2) is 0 Å². The molecule has 0 unspecified atom stereocenters. The van der Waals surface area contributed by atoms with E-state index in [-0.39, 0.29) is 53.3 Å². The minimum absolute atomic E-state index is 0.0158. The molecule has 312 valence electrons. The van der Waals surface area contributed by atoms with Crippen LogP contribution >= 0.6 is 0 Å².